The number of nitrogens with one attached hydrogen (secondary N) is 1. The van der Waals surface area contributed by atoms with Crippen molar-refractivity contribution in [1.29, 1.82) is 5.26 Å². The highest BCUT2D eigenvalue weighted by Gasteiger charge is 2.12. The average Bonchev–Trinajstić information content (AvgIpc) is 2.90. The first-order valence-electron chi connectivity index (χ1n) is 6.38. The van der Waals surface area contributed by atoms with E-state index < -0.39 is 5.82 Å². The van der Waals surface area contributed by atoms with Crippen LogP contribution in [0.5, 0.6) is 11.5 Å². The fourth-order valence-electron chi connectivity index (χ4n) is 2.05. The second kappa shape index (κ2) is 5.51. The van der Waals surface area contributed by atoms with E-state index in [4.69, 9.17) is 10.00 Å². The van der Waals surface area contributed by atoms with Crippen LogP contribution in [0.15, 0.2) is 60.8 Å². The third-order valence-corrected chi connectivity index (χ3v) is 3.07. The number of para-hydroxylation sites is 1. The Balaban J connectivity index is 1.86. The highest BCUT2D eigenvalue weighted by Crippen LogP contribution is 2.27. The van der Waals surface area contributed by atoms with Gasteiger partial charge in [-0.15, -0.1) is 0 Å². The van der Waals surface area contributed by atoms with Crippen molar-refractivity contribution in [3.05, 3.63) is 72.2 Å². The van der Waals surface area contributed by atoms with Crippen molar-refractivity contribution in [2.24, 2.45) is 0 Å². The van der Waals surface area contributed by atoms with Gasteiger partial charge in [-0.1, -0.05) is 18.2 Å². The van der Waals surface area contributed by atoms with Gasteiger partial charge in [0.25, 0.3) is 0 Å². The van der Waals surface area contributed by atoms with E-state index in [9.17, 15) is 4.39 Å². The Hall–Kier alpha value is -3.06. The molecule has 0 fully saturated rings. The Morgan fingerprint density at radius 3 is 2.29 bits per heavy atom. The van der Waals surface area contributed by atoms with Crippen molar-refractivity contribution in [3.8, 4) is 28.8 Å². The number of nitrogens with zero attached hydrogens (tertiary/aromatic N) is 1. The second-order valence-corrected chi connectivity index (χ2v) is 4.44. The van der Waals surface area contributed by atoms with E-state index in [1.807, 2.05) is 36.4 Å². The zero-order chi connectivity index (χ0) is 14.7. The van der Waals surface area contributed by atoms with Crippen molar-refractivity contribution in [2.45, 2.75) is 0 Å². The molecule has 0 radical (unpaired) electrons. The van der Waals surface area contributed by atoms with Gasteiger partial charge in [-0.3, -0.25) is 0 Å². The molecule has 3 aromatic rings. The quantitative estimate of drug-likeness (QED) is 0.767. The number of aromatic amines is 1. The lowest BCUT2D eigenvalue weighted by atomic mass is 10.1. The van der Waals surface area contributed by atoms with Crippen LogP contribution in [0, 0.1) is 17.1 Å². The van der Waals surface area contributed by atoms with Crippen LogP contribution in [0.25, 0.3) is 11.3 Å². The molecule has 0 aliphatic rings. The number of rotatable bonds is 3. The smallest absolute Gasteiger partial charge is 0.159 e. The standard InChI is InChI=1S/C17H11FN2O/c18-16-11-20-17(15(16)10-19)12-6-8-14(9-7-12)21-13-4-2-1-3-5-13/h1-9,11,20H. The largest absolute Gasteiger partial charge is 0.457 e. The summed E-state index contributed by atoms with van der Waals surface area (Å²) in [6.07, 6.45) is 1.18. The molecule has 0 bridgehead atoms. The third-order valence-electron chi connectivity index (χ3n) is 3.07. The Morgan fingerprint density at radius 1 is 0.952 bits per heavy atom. The monoisotopic (exact) mass is 278 g/mol. The highest BCUT2D eigenvalue weighted by atomic mass is 19.1. The molecule has 0 saturated heterocycles. The van der Waals surface area contributed by atoms with Crippen LogP contribution in [-0.4, -0.2) is 4.98 Å². The first-order valence-corrected chi connectivity index (χ1v) is 6.38. The Bertz CT molecular complexity index is 786. The molecule has 1 heterocycles. The lowest BCUT2D eigenvalue weighted by molar-refractivity contribution is 0.483. The van der Waals surface area contributed by atoms with Gasteiger partial charge in [0, 0.05) is 6.20 Å². The maximum Gasteiger partial charge on any atom is 0.159 e. The van der Waals surface area contributed by atoms with E-state index in [2.05, 4.69) is 4.98 Å². The van der Waals surface area contributed by atoms with Gasteiger partial charge in [0.2, 0.25) is 0 Å². The molecule has 2 aromatic carbocycles. The molecular formula is C17H11FN2O. The summed E-state index contributed by atoms with van der Waals surface area (Å²) in [5, 5.41) is 8.96. The fourth-order valence-corrected chi connectivity index (χ4v) is 2.05. The van der Waals surface area contributed by atoms with Crippen LogP contribution in [0.4, 0.5) is 4.39 Å². The van der Waals surface area contributed by atoms with Crippen molar-refractivity contribution in [1.82, 2.24) is 4.98 Å². The molecule has 0 aliphatic carbocycles. The van der Waals surface area contributed by atoms with Crippen molar-refractivity contribution >= 4 is 0 Å². The number of hydrogen-bond donors (Lipinski definition) is 1. The van der Waals surface area contributed by atoms with Crippen LogP contribution < -0.4 is 4.74 Å². The molecule has 1 aromatic heterocycles. The number of halogens is 1. The summed E-state index contributed by atoms with van der Waals surface area (Å²) >= 11 is 0. The van der Waals surface area contributed by atoms with Gasteiger partial charge in [0.1, 0.15) is 23.1 Å². The molecule has 102 valence electrons. The minimum absolute atomic E-state index is 0.0201. The van der Waals surface area contributed by atoms with Crippen LogP contribution in [0.1, 0.15) is 5.56 Å². The summed E-state index contributed by atoms with van der Waals surface area (Å²) in [6, 6.07) is 18.4. The molecule has 0 aliphatic heterocycles. The molecule has 1 N–H and O–H groups in total. The van der Waals surface area contributed by atoms with Crippen LogP contribution in [0.3, 0.4) is 0 Å². The summed E-state index contributed by atoms with van der Waals surface area (Å²) in [4.78, 5) is 2.77. The van der Waals surface area contributed by atoms with Crippen molar-refractivity contribution < 1.29 is 9.13 Å². The van der Waals surface area contributed by atoms with Crippen molar-refractivity contribution in [2.75, 3.05) is 0 Å². The van der Waals surface area contributed by atoms with Crippen LogP contribution >= 0.6 is 0 Å². The van der Waals surface area contributed by atoms with E-state index in [0.717, 1.165) is 11.3 Å². The Kier molecular flexibility index (Phi) is 3.40. The number of H-pyrrole nitrogens is 1. The first kappa shape index (κ1) is 12.9. The van der Waals surface area contributed by atoms with E-state index in [-0.39, 0.29) is 5.56 Å². The maximum atomic E-state index is 13.4. The summed E-state index contributed by atoms with van der Waals surface area (Å²) in [6.45, 7) is 0. The minimum Gasteiger partial charge on any atom is -0.457 e. The minimum atomic E-state index is -0.544. The zero-order valence-electron chi connectivity index (χ0n) is 11.0. The van der Waals surface area contributed by atoms with Crippen LogP contribution in [-0.2, 0) is 0 Å². The Morgan fingerprint density at radius 2 is 1.62 bits per heavy atom. The van der Waals surface area contributed by atoms with Crippen LogP contribution in [0.2, 0.25) is 0 Å². The number of aromatic nitrogens is 1. The molecule has 4 heteroatoms. The zero-order valence-corrected chi connectivity index (χ0v) is 11.0. The number of ether oxygens (including phenoxy) is 1. The van der Waals surface area contributed by atoms with E-state index >= 15 is 0 Å². The molecule has 3 nitrogen and oxygen atoms in total. The van der Waals surface area contributed by atoms with E-state index in [1.165, 1.54) is 6.20 Å². The molecule has 0 unspecified atom stereocenters. The summed E-state index contributed by atoms with van der Waals surface area (Å²) in [5.74, 6) is 0.876. The number of hydrogen-bond acceptors (Lipinski definition) is 2. The van der Waals surface area contributed by atoms with Gasteiger partial charge in [0.05, 0.1) is 5.69 Å². The highest BCUT2D eigenvalue weighted by molar-refractivity contribution is 5.67. The molecule has 0 amide bonds. The SMILES string of the molecule is N#Cc1c(F)c[nH]c1-c1ccc(Oc2ccccc2)cc1. The Labute approximate surface area is 121 Å². The summed E-state index contributed by atoms with van der Waals surface area (Å²) < 4.78 is 19.1. The lowest BCUT2D eigenvalue weighted by Crippen LogP contribution is -1.86. The molecule has 0 saturated carbocycles. The van der Waals surface area contributed by atoms with Gasteiger partial charge in [0.15, 0.2) is 5.82 Å². The van der Waals surface area contributed by atoms with Crippen molar-refractivity contribution in [3.63, 3.8) is 0 Å². The molecule has 21 heavy (non-hydrogen) atoms. The first-order chi connectivity index (χ1) is 10.3. The maximum absolute atomic E-state index is 13.4. The molecule has 0 spiro atoms. The normalized spacial score (nSPS) is 10.1. The van der Waals surface area contributed by atoms with Gasteiger partial charge in [-0.05, 0) is 42.0 Å². The summed E-state index contributed by atoms with van der Waals surface area (Å²) in [5.41, 5.74) is 1.23. The molecule has 0 atom stereocenters. The number of nitriles is 1. The predicted molar refractivity (Wildman–Crippen MR) is 77.4 cm³/mol. The van der Waals surface area contributed by atoms with Gasteiger partial charge in [-0.25, -0.2) is 4.39 Å². The topological polar surface area (TPSA) is 48.8 Å². The van der Waals surface area contributed by atoms with E-state index in [1.54, 1.807) is 24.3 Å². The molecule has 3 rings (SSSR count). The predicted octanol–water partition coefficient (Wildman–Crippen LogP) is 4.48. The lowest BCUT2D eigenvalue weighted by Gasteiger charge is -2.06. The average molecular weight is 278 g/mol. The number of benzene rings is 2. The fraction of sp³-hybridized carbons (Fsp3) is 0. The van der Waals surface area contributed by atoms with Gasteiger partial charge < -0.3 is 9.72 Å². The summed E-state index contributed by atoms with van der Waals surface area (Å²) in [7, 11) is 0. The van der Waals surface area contributed by atoms with Gasteiger partial charge in [-0.2, -0.15) is 5.26 Å². The molecular weight excluding hydrogens is 267 g/mol. The third kappa shape index (κ3) is 2.63. The van der Waals surface area contributed by atoms with E-state index in [0.29, 0.717) is 11.4 Å². The van der Waals surface area contributed by atoms with Gasteiger partial charge >= 0.3 is 0 Å². The second-order valence-electron chi connectivity index (χ2n) is 4.44.